The maximum atomic E-state index is 11.4. The number of rotatable bonds is 2. The molecule has 0 fully saturated rings. The van der Waals surface area contributed by atoms with Crippen molar-refractivity contribution < 1.29 is 9.53 Å². The lowest BCUT2D eigenvalue weighted by Gasteiger charge is -2.06. The van der Waals surface area contributed by atoms with E-state index in [0.717, 1.165) is 9.13 Å². The van der Waals surface area contributed by atoms with Crippen LogP contribution in [0.1, 0.15) is 15.9 Å². The van der Waals surface area contributed by atoms with Crippen LogP contribution in [0.4, 0.5) is 5.69 Å². The molecular formula is C9H8IN3O2. The van der Waals surface area contributed by atoms with Crippen LogP contribution in [0.3, 0.4) is 0 Å². The maximum Gasteiger partial charge on any atom is 0.338 e. The van der Waals surface area contributed by atoms with Gasteiger partial charge in [-0.1, -0.05) is 5.11 Å². The number of methoxy groups -OCH3 is 1. The molecule has 0 bridgehead atoms. The van der Waals surface area contributed by atoms with Gasteiger partial charge >= 0.3 is 5.97 Å². The van der Waals surface area contributed by atoms with Gasteiger partial charge in [0.05, 0.1) is 18.4 Å². The van der Waals surface area contributed by atoms with Gasteiger partial charge in [-0.2, -0.15) is 0 Å². The zero-order valence-electron chi connectivity index (χ0n) is 8.19. The highest BCUT2D eigenvalue weighted by Gasteiger charge is 2.12. The third-order valence-corrected chi connectivity index (χ3v) is 3.00. The molecule has 0 saturated carbocycles. The molecule has 0 atom stereocenters. The van der Waals surface area contributed by atoms with E-state index < -0.39 is 5.97 Å². The number of hydrogen-bond donors (Lipinski definition) is 0. The van der Waals surface area contributed by atoms with Crippen LogP contribution in [0, 0.1) is 10.5 Å². The van der Waals surface area contributed by atoms with Crippen molar-refractivity contribution in [3.63, 3.8) is 0 Å². The summed E-state index contributed by atoms with van der Waals surface area (Å²) in [6.07, 6.45) is 0. The standard InChI is InChI=1S/C9H8IN3O2/c1-5-3-8(12-13-11)6(4-7(5)10)9(14)15-2/h3-4H,1-2H3. The predicted molar refractivity (Wildman–Crippen MR) is 64.0 cm³/mol. The van der Waals surface area contributed by atoms with Gasteiger partial charge in [-0.3, -0.25) is 0 Å². The van der Waals surface area contributed by atoms with Crippen LogP contribution < -0.4 is 0 Å². The first-order chi connectivity index (χ1) is 7.10. The molecule has 5 nitrogen and oxygen atoms in total. The van der Waals surface area contributed by atoms with Crippen molar-refractivity contribution in [2.24, 2.45) is 5.11 Å². The minimum atomic E-state index is -0.504. The van der Waals surface area contributed by atoms with Crippen LogP contribution >= 0.6 is 22.6 Å². The molecule has 0 N–H and O–H groups in total. The van der Waals surface area contributed by atoms with Crippen molar-refractivity contribution >= 4 is 34.2 Å². The Bertz CT molecular complexity index is 453. The second-order valence-corrected chi connectivity index (χ2v) is 3.96. The highest BCUT2D eigenvalue weighted by Crippen LogP contribution is 2.25. The number of ether oxygens (including phenoxy) is 1. The van der Waals surface area contributed by atoms with Gasteiger partial charge in [-0.05, 0) is 52.7 Å². The summed E-state index contributed by atoms with van der Waals surface area (Å²) in [5, 5.41) is 3.45. The molecule has 0 unspecified atom stereocenters. The molecular weight excluding hydrogens is 309 g/mol. The van der Waals surface area contributed by atoms with Crippen LogP contribution in [0.5, 0.6) is 0 Å². The van der Waals surface area contributed by atoms with Gasteiger partial charge in [0.25, 0.3) is 0 Å². The Labute approximate surface area is 100 Å². The van der Waals surface area contributed by atoms with Crippen molar-refractivity contribution in [1.29, 1.82) is 0 Å². The molecule has 6 heteroatoms. The fourth-order valence-corrected chi connectivity index (χ4v) is 1.54. The molecule has 0 radical (unpaired) electrons. The Morgan fingerprint density at radius 1 is 1.60 bits per heavy atom. The maximum absolute atomic E-state index is 11.4. The smallest absolute Gasteiger partial charge is 0.338 e. The summed E-state index contributed by atoms with van der Waals surface area (Å²) in [5.74, 6) is -0.504. The second kappa shape index (κ2) is 4.99. The molecule has 15 heavy (non-hydrogen) atoms. The Balaban J connectivity index is 3.40. The highest BCUT2D eigenvalue weighted by atomic mass is 127. The molecule has 0 heterocycles. The monoisotopic (exact) mass is 317 g/mol. The molecule has 0 aliphatic heterocycles. The average Bonchev–Trinajstić information content (AvgIpc) is 2.22. The van der Waals surface area contributed by atoms with Gasteiger partial charge in [-0.15, -0.1) is 0 Å². The molecule has 0 aromatic heterocycles. The zero-order chi connectivity index (χ0) is 11.4. The number of carbonyl (C=O) groups is 1. The van der Waals surface area contributed by atoms with Crippen molar-refractivity contribution in [2.75, 3.05) is 7.11 Å². The highest BCUT2D eigenvalue weighted by molar-refractivity contribution is 14.1. The Hall–Kier alpha value is -1.27. The number of benzene rings is 1. The summed E-state index contributed by atoms with van der Waals surface area (Å²) in [5.41, 5.74) is 9.89. The van der Waals surface area contributed by atoms with Crippen LogP contribution in [0.15, 0.2) is 17.2 Å². The molecule has 0 amide bonds. The predicted octanol–water partition coefficient (Wildman–Crippen LogP) is 3.33. The first-order valence-corrected chi connectivity index (χ1v) is 5.11. The van der Waals surface area contributed by atoms with Gasteiger partial charge in [0.15, 0.2) is 0 Å². The summed E-state index contributed by atoms with van der Waals surface area (Å²) in [6, 6.07) is 3.31. The number of halogens is 1. The molecule has 0 saturated heterocycles. The van der Waals surface area contributed by atoms with E-state index in [1.54, 1.807) is 12.1 Å². The first-order valence-electron chi connectivity index (χ1n) is 4.03. The Morgan fingerprint density at radius 3 is 2.80 bits per heavy atom. The van der Waals surface area contributed by atoms with Crippen LogP contribution in [0.25, 0.3) is 10.4 Å². The summed E-state index contributed by atoms with van der Waals surface area (Å²) in [6.45, 7) is 1.87. The summed E-state index contributed by atoms with van der Waals surface area (Å²) < 4.78 is 5.51. The molecule has 0 aliphatic rings. The van der Waals surface area contributed by atoms with Crippen LogP contribution in [-0.2, 0) is 4.74 Å². The molecule has 1 aromatic rings. The third-order valence-electron chi connectivity index (χ3n) is 1.83. The summed E-state index contributed by atoms with van der Waals surface area (Å²) in [4.78, 5) is 14.0. The minimum Gasteiger partial charge on any atom is -0.465 e. The van der Waals surface area contributed by atoms with Crippen molar-refractivity contribution in [3.8, 4) is 0 Å². The lowest BCUT2D eigenvalue weighted by atomic mass is 10.1. The third kappa shape index (κ3) is 2.60. The number of hydrogen-bond acceptors (Lipinski definition) is 3. The summed E-state index contributed by atoms with van der Waals surface area (Å²) in [7, 11) is 1.29. The largest absolute Gasteiger partial charge is 0.465 e. The number of nitrogens with zero attached hydrogens (tertiary/aromatic N) is 3. The van der Waals surface area contributed by atoms with E-state index in [2.05, 4.69) is 37.4 Å². The van der Waals surface area contributed by atoms with Gasteiger partial charge in [0.2, 0.25) is 0 Å². The van der Waals surface area contributed by atoms with E-state index in [1.165, 1.54) is 7.11 Å². The number of aryl methyl sites for hydroxylation is 1. The van der Waals surface area contributed by atoms with E-state index >= 15 is 0 Å². The van der Waals surface area contributed by atoms with Gasteiger partial charge < -0.3 is 4.74 Å². The van der Waals surface area contributed by atoms with E-state index in [1.807, 2.05) is 6.92 Å². The fraction of sp³-hybridized carbons (Fsp3) is 0.222. The van der Waals surface area contributed by atoms with E-state index in [0.29, 0.717) is 5.69 Å². The normalized spacial score (nSPS) is 9.27. The van der Waals surface area contributed by atoms with Crippen LogP contribution in [-0.4, -0.2) is 13.1 Å². The average molecular weight is 317 g/mol. The lowest BCUT2D eigenvalue weighted by Crippen LogP contribution is -2.02. The van der Waals surface area contributed by atoms with Gasteiger partial charge in [0.1, 0.15) is 0 Å². The Morgan fingerprint density at radius 2 is 2.27 bits per heavy atom. The topological polar surface area (TPSA) is 75.1 Å². The van der Waals surface area contributed by atoms with Gasteiger partial charge in [0, 0.05) is 8.48 Å². The zero-order valence-corrected chi connectivity index (χ0v) is 10.3. The second-order valence-electron chi connectivity index (χ2n) is 2.80. The number of carbonyl (C=O) groups excluding carboxylic acids is 1. The summed E-state index contributed by atoms with van der Waals surface area (Å²) >= 11 is 2.10. The Kier molecular flexibility index (Phi) is 3.93. The quantitative estimate of drug-likeness (QED) is 0.276. The van der Waals surface area contributed by atoms with E-state index in [-0.39, 0.29) is 5.56 Å². The molecule has 0 spiro atoms. The molecule has 1 rings (SSSR count). The molecule has 78 valence electrons. The lowest BCUT2D eigenvalue weighted by molar-refractivity contribution is 0.0601. The van der Waals surface area contributed by atoms with Crippen molar-refractivity contribution in [3.05, 3.63) is 37.3 Å². The molecule has 0 aliphatic carbocycles. The van der Waals surface area contributed by atoms with Crippen LogP contribution in [0.2, 0.25) is 0 Å². The molecule has 1 aromatic carbocycles. The SMILES string of the molecule is COC(=O)c1cc(I)c(C)cc1N=[N+]=[N-]. The number of esters is 1. The van der Waals surface area contributed by atoms with E-state index in [9.17, 15) is 4.79 Å². The van der Waals surface area contributed by atoms with Crippen molar-refractivity contribution in [1.82, 2.24) is 0 Å². The first kappa shape index (κ1) is 11.8. The minimum absolute atomic E-state index is 0.283. The number of azide groups is 1. The van der Waals surface area contributed by atoms with Gasteiger partial charge in [-0.25, -0.2) is 4.79 Å². The van der Waals surface area contributed by atoms with E-state index in [4.69, 9.17) is 5.53 Å². The van der Waals surface area contributed by atoms with Crippen molar-refractivity contribution in [2.45, 2.75) is 6.92 Å². The fourth-order valence-electron chi connectivity index (χ4n) is 1.07.